The molecule has 0 saturated carbocycles. The Morgan fingerprint density at radius 2 is 0.922 bits per heavy atom. The number of ether oxygens (including phenoxy) is 10. The Morgan fingerprint density at radius 3 is 1.31 bits per heavy atom. The van der Waals surface area contributed by atoms with E-state index in [9.17, 15) is 4.79 Å². The number of likely N-dealkylation sites (N-methyl/N-ethyl adjacent to an activating group) is 1. The number of rotatable bonds is 32. The predicted octanol–water partition coefficient (Wildman–Crippen LogP) is 5.06. The lowest BCUT2D eigenvalue weighted by molar-refractivity contribution is -0.0257. The number of hydrogen-bond acceptors (Lipinski definition) is 11. The van der Waals surface area contributed by atoms with Crippen LogP contribution in [0.15, 0.2) is 48.5 Å². The van der Waals surface area contributed by atoms with Crippen LogP contribution >= 0.6 is 0 Å². The first-order valence-electron chi connectivity index (χ1n) is 18.4. The van der Waals surface area contributed by atoms with Crippen LogP contribution < -0.4 is 0 Å². The molecule has 1 aliphatic rings. The van der Waals surface area contributed by atoms with E-state index in [0.717, 1.165) is 13.0 Å². The van der Waals surface area contributed by atoms with E-state index in [1.54, 1.807) is 7.05 Å². The molecule has 0 aliphatic heterocycles. The summed E-state index contributed by atoms with van der Waals surface area (Å²) in [5, 5.41) is 0. The van der Waals surface area contributed by atoms with Gasteiger partial charge in [-0.15, -0.1) is 0 Å². The van der Waals surface area contributed by atoms with Crippen LogP contribution in [0.5, 0.6) is 0 Å². The first-order chi connectivity index (χ1) is 25.1. The van der Waals surface area contributed by atoms with Gasteiger partial charge in [0, 0.05) is 26.1 Å². The fraction of sp³-hybridized carbons (Fsp3) is 0.667. The van der Waals surface area contributed by atoms with E-state index in [1.165, 1.54) is 27.2 Å². The molecule has 2 aromatic carbocycles. The maximum atomic E-state index is 12.6. The highest BCUT2D eigenvalue weighted by Crippen LogP contribution is 2.44. The standard InChI is InChI=1S/C39H61NO11/c1-4-33(2)31-50-30-29-49-28-27-48-26-25-47-24-23-46-22-21-45-20-19-44-18-17-43-16-15-42-14-13-40(3)39(41)51-32-38-36-11-7-5-9-34(36)35-10-6-8-12-37(35)38/h5-12,33,38H,4,13-32H2,1-3H3. The molecule has 1 aliphatic carbocycles. The number of hydrogen-bond donors (Lipinski definition) is 0. The van der Waals surface area contributed by atoms with E-state index in [0.29, 0.717) is 131 Å². The summed E-state index contributed by atoms with van der Waals surface area (Å²) < 4.78 is 55.4. The molecule has 1 amide bonds. The van der Waals surface area contributed by atoms with Crippen molar-refractivity contribution >= 4 is 6.09 Å². The zero-order chi connectivity index (χ0) is 36.2. The lowest BCUT2D eigenvalue weighted by atomic mass is 9.98. The topological polar surface area (TPSA) is 113 Å². The van der Waals surface area contributed by atoms with Crippen LogP contribution in [0.3, 0.4) is 0 Å². The molecule has 51 heavy (non-hydrogen) atoms. The van der Waals surface area contributed by atoms with Gasteiger partial charge in [0.2, 0.25) is 0 Å². The molecule has 0 fully saturated rings. The fourth-order valence-corrected chi connectivity index (χ4v) is 5.16. The van der Waals surface area contributed by atoms with E-state index >= 15 is 0 Å². The molecule has 0 saturated heterocycles. The van der Waals surface area contributed by atoms with Crippen molar-refractivity contribution in [2.75, 3.05) is 139 Å². The lowest BCUT2D eigenvalue weighted by Crippen LogP contribution is -2.32. The molecule has 0 aromatic heterocycles. The number of benzene rings is 2. The van der Waals surface area contributed by atoms with E-state index < -0.39 is 0 Å². The summed E-state index contributed by atoms with van der Waals surface area (Å²) in [4.78, 5) is 14.1. The minimum Gasteiger partial charge on any atom is -0.448 e. The van der Waals surface area contributed by atoms with Gasteiger partial charge >= 0.3 is 6.09 Å². The second-order valence-electron chi connectivity index (χ2n) is 12.2. The molecule has 0 bridgehead atoms. The van der Waals surface area contributed by atoms with E-state index in [-0.39, 0.29) is 12.0 Å². The normalized spacial score (nSPS) is 12.9. The van der Waals surface area contributed by atoms with Crippen LogP contribution in [0.1, 0.15) is 37.3 Å². The maximum Gasteiger partial charge on any atom is 0.409 e. The van der Waals surface area contributed by atoms with Crippen molar-refractivity contribution < 1.29 is 52.2 Å². The number of carbonyl (C=O) groups is 1. The summed E-state index contributed by atoms with van der Waals surface area (Å²) in [6, 6.07) is 16.6. The highest BCUT2D eigenvalue weighted by atomic mass is 16.6. The van der Waals surface area contributed by atoms with E-state index in [1.807, 2.05) is 24.3 Å². The van der Waals surface area contributed by atoms with Crippen molar-refractivity contribution in [2.45, 2.75) is 26.2 Å². The summed E-state index contributed by atoms with van der Waals surface area (Å²) in [6.45, 7) is 14.5. The highest BCUT2D eigenvalue weighted by molar-refractivity contribution is 5.79. The Morgan fingerprint density at radius 1 is 0.569 bits per heavy atom. The quantitative estimate of drug-likeness (QED) is 0.0946. The zero-order valence-corrected chi connectivity index (χ0v) is 31.1. The average molecular weight is 720 g/mol. The van der Waals surface area contributed by atoms with Crippen molar-refractivity contribution in [1.29, 1.82) is 0 Å². The maximum absolute atomic E-state index is 12.6. The third-order valence-electron chi connectivity index (χ3n) is 8.29. The van der Waals surface area contributed by atoms with Crippen LogP contribution in [0, 0.1) is 5.92 Å². The van der Waals surface area contributed by atoms with Crippen molar-refractivity contribution in [3.8, 4) is 11.1 Å². The number of fused-ring (bicyclic) bond motifs is 3. The molecule has 2 aromatic rings. The second kappa shape index (κ2) is 27.9. The molecule has 3 rings (SSSR count). The number of nitrogens with zero attached hydrogens (tertiary/aromatic N) is 1. The van der Waals surface area contributed by atoms with Crippen LogP contribution in [-0.2, 0) is 47.4 Å². The summed E-state index contributed by atoms with van der Waals surface area (Å²) in [5.41, 5.74) is 4.81. The molecule has 0 N–H and O–H groups in total. The third kappa shape index (κ3) is 18.1. The van der Waals surface area contributed by atoms with Gasteiger partial charge in [-0.2, -0.15) is 0 Å². The molecule has 0 spiro atoms. The molecular weight excluding hydrogens is 658 g/mol. The Balaban J connectivity index is 0.999. The minimum atomic E-state index is -0.361. The summed E-state index contributed by atoms with van der Waals surface area (Å²) in [6.07, 6.45) is 0.768. The largest absolute Gasteiger partial charge is 0.448 e. The van der Waals surface area contributed by atoms with Crippen molar-refractivity contribution in [1.82, 2.24) is 4.90 Å². The van der Waals surface area contributed by atoms with Gasteiger partial charge in [0.05, 0.1) is 112 Å². The van der Waals surface area contributed by atoms with Crippen molar-refractivity contribution in [3.05, 3.63) is 59.7 Å². The molecule has 288 valence electrons. The minimum absolute atomic E-state index is 0.0419. The van der Waals surface area contributed by atoms with E-state index in [4.69, 9.17) is 47.4 Å². The Hall–Kier alpha value is -2.65. The van der Waals surface area contributed by atoms with Gasteiger partial charge in [-0.05, 0) is 28.2 Å². The van der Waals surface area contributed by atoms with Gasteiger partial charge < -0.3 is 52.3 Å². The van der Waals surface area contributed by atoms with Crippen molar-refractivity contribution in [2.24, 2.45) is 5.92 Å². The second-order valence-corrected chi connectivity index (χ2v) is 12.2. The van der Waals surface area contributed by atoms with Gasteiger partial charge in [-0.3, -0.25) is 0 Å². The SMILES string of the molecule is CCC(C)COCCOCCOCCOCCOCCOCCOCCOCCOCCN(C)C(=O)OCC1c2ccccc2-c2ccccc21. The Kier molecular flexibility index (Phi) is 23.4. The van der Waals surface area contributed by atoms with Crippen LogP contribution in [-0.4, -0.2) is 150 Å². The summed E-state index contributed by atoms with van der Waals surface area (Å²) in [5.74, 6) is 0.634. The first-order valence-corrected chi connectivity index (χ1v) is 18.4. The first kappa shape index (κ1) is 42.8. The predicted molar refractivity (Wildman–Crippen MR) is 195 cm³/mol. The van der Waals surface area contributed by atoms with Gasteiger partial charge in [-0.1, -0.05) is 68.8 Å². The molecule has 12 heteroatoms. The molecule has 0 heterocycles. The third-order valence-corrected chi connectivity index (χ3v) is 8.29. The van der Waals surface area contributed by atoms with Crippen LogP contribution in [0.25, 0.3) is 11.1 Å². The number of amides is 1. The lowest BCUT2D eigenvalue weighted by Gasteiger charge is -2.19. The molecular formula is C39H61NO11. The summed E-state index contributed by atoms with van der Waals surface area (Å²) >= 11 is 0. The molecule has 0 radical (unpaired) electrons. The van der Waals surface area contributed by atoms with Gasteiger partial charge in [0.1, 0.15) is 6.61 Å². The smallest absolute Gasteiger partial charge is 0.409 e. The molecule has 12 nitrogen and oxygen atoms in total. The van der Waals surface area contributed by atoms with Crippen LogP contribution in [0.2, 0.25) is 0 Å². The molecule has 1 unspecified atom stereocenters. The zero-order valence-electron chi connectivity index (χ0n) is 31.1. The monoisotopic (exact) mass is 719 g/mol. The summed E-state index contributed by atoms with van der Waals surface area (Å²) in [7, 11) is 1.72. The number of carbonyl (C=O) groups excluding carboxylic acids is 1. The fourth-order valence-electron chi connectivity index (χ4n) is 5.16. The van der Waals surface area contributed by atoms with Gasteiger partial charge in [0.15, 0.2) is 0 Å². The Bertz CT molecular complexity index is 1120. The molecule has 1 atom stereocenters. The Labute approximate surface area is 304 Å². The van der Waals surface area contributed by atoms with E-state index in [2.05, 4.69) is 38.1 Å². The van der Waals surface area contributed by atoms with Crippen LogP contribution in [0.4, 0.5) is 4.79 Å². The highest BCUT2D eigenvalue weighted by Gasteiger charge is 2.29. The average Bonchev–Trinajstić information content (AvgIpc) is 3.48. The van der Waals surface area contributed by atoms with Crippen molar-refractivity contribution in [3.63, 3.8) is 0 Å². The van der Waals surface area contributed by atoms with Gasteiger partial charge in [0.25, 0.3) is 0 Å². The van der Waals surface area contributed by atoms with Gasteiger partial charge in [-0.25, -0.2) is 4.79 Å².